The molecule has 0 saturated heterocycles. The van der Waals surface area contributed by atoms with Gasteiger partial charge in [0.15, 0.2) is 6.10 Å². The quantitative estimate of drug-likeness (QED) is 0.665. The summed E-state index contributed by atoms with van der Waals surface area (Å²) >= 11 is 0. The summed E-state index contributed by atoms with van der Waals surface area (Å²) < 4.78 is 31.4. The molecule has 0 bridgehead atoms. The highest BCUT2D eigenvalue weighted by Crippen LogP contribution is 2.21. The van der Waals surface area contributed by atoms with Gasteiger partial charge in [0.1, 0.15) is 0 Å². The van der Waals surface area contributed by atoms with Crippen LogP contribution in [0.5, 0.6) is 0 Å². The lowest BCUT2D eigenvalue weighted by Crippen LogP contribution is -2.38. The molecule has 8 nitrogen and oxygen atoms in total. The molecule has 0 aliphatic rings. The molecule has 0 radical (unpaired) electrons. The Balaban J connectivity index is 3.09. The Morgan fingerprint density at radius 2 is 1.88 bits per heavy atom. The van der Waals surface area contributed by atoms with E-state index in [4.69, 9.17) is 9.84 Å². The summed E-state index contributed by atoms with van der Waals surface area (Å²) in [5.74, 6) is -1.77. The molecule has 0 aliphatic carbocycles. The van der Waals surface area contributed by atoms with E-state index < -0.39 is 28.0 Å². The van der Waals surface area contributed by atoms with Crippen LogP contribution in [0.3, 0.4) is 0 Å². The number of carbonyl (C=O) groups is 2. The predicted octanol–water partition coefficient (Wildman–Crippen LogP) is 0.855. The topological polar surface area (TPSA) is 113 Å². The molecule has 1 aromatic rings. The fourth-order valence-corrected chi connectivity index (χ4v) is 3.99. The fraction of sp³-hybridized carbons (Fsp3) is 0.500. The number of nitrogens with one attached hydrogen (secondary N) is 1. The smallest absolute Gasteiger partial charge is 0.334 e. The molecule has 2 N–H and O–H groups in total. The van der Waals surface area contributed by atoms with E-state index in [2.05, 4.69) is 5.32 Å². The molecule has 1 aromatic carbocycles. The lowest BCUT2D eigenvalue weighted by molar-refractivity contribution is -0.148. The van der Waals surface area contributed by atoms with Gasteiger partial charge in [0.05, 0.1) is 11.4 Å². The van der Waals surface area contributed by atoms with Gasteiger partial charge in [-0.1, -0.05) is 19.9 Å². The molecule has 1 amide bonds. The molecule has 140 valence electrons. The molecule has 1 atom stereocenters. The Labute approximate surface area is 147 Å². The first kappa shape index (κ1) is 21.1. The van der Waals surface area contributed by atoms with Crippen LogP contribution in [0, 0.1) is 6.92 Å². The fourth-order valence-electron chi connectivity index (χ4n) is 2.28. The maximum atomic E-state index is 12.7. The molecule has 1 unspecified atom stereocenters. The van der Waals surface area contributed by atoms with Crippen molar-refractivity contribution in [1.82, 2.24) is 9.62 Å². The Kier molecular flexibility index (Phi) is 7.53. The number of aliphatic carboxylic acids is 1. The first-order valence-electron chi connectivity index (χ1n) is 7.83. The Morgan fingerprint density at radius 1 is 1.28 bits per heavy atom. The van der Waals surface area contributed by atoms with Crippen LogP contribution in [0.15, 0.2) is 23.1 Å². The third-order valence-corrected chi connectivity index (χ3v) is 5.97. The molecule has 0 aromatic heterocycles. The minimum atomic E-state index is -3.70. The van der Waals surface area contributed by atoms with Gasteiger partial charge in [0.2, 0.25) is 10.0 Å². The van der Waals surface area contributed by atoms with Crippen molar-refractivity contribution in [1.29, 1.82) is 0 Å². The summed E-state index contributed by atoms with van der Waals surface area (Å²) in [6.07, 6.45) is -1.17. The van der Waals surface area contributed by atoms with Crippen molar-refractivity contribution < 1.29 is 27.9 Å². The highest BCUT2D eigenvalue weighted by atomic mass is 32.2. The standard InChI is InChI=1S/C16H24N2O6S/c1-5-18(6-2)25(22,23)14-9-12(8-7-11(14)3)15(19)17-10-13(24-4)16(20)21/h7-9,13H,5-6,10H2,1-4H3,(H,17,19)(H,20,21). The van der Waals surface area contributed by atoms with Crippen molar-refractivity contribution in [3.05, 3.63) is 29.3 Å². The first-order valence-corrected chi connectivity index (χ1v) is 9.27. The van der Waals surface area contributed by atoms with E-state index in [1.54, 1.807) is 26.8 Å². The molecule has 0 heterocycles. The molecule has 0 fully saturated rings. The van der Waals surface area contributed by atoms with Crippen LogP contribution in [0.4, 0.5) is 0 Å². The molecular weight excluding hydrogens is 348 g/mol. The summed E-state index contributed by atoms with van der Waals surface area (Å²) in [5, 5.41) is 11.3. The summed E-state index contributed by atoms with van der Waals surface area (Å²) in [4.78, 5) is 23.2. The SMILES string of the molecule is CCN(CC)S(=O)(=O)c1cc(C(=O)NCC(OC)C(=O)O)ccc1C. The number of aryl methyl sites for hydroxylation is 1. The Morgan fingerprint density at radius 3 is 2.36 bits per heavy atom. The highest BCUT2D eigenvalue weighted by molar-refractivity contribution is 7.89. The number of sulfonamides is 1. The number of carboxylic acids is 1. The molecular formula is C16H24N2O6S. The van der Waals surface area contributed by atoms with Crippen LogP contribution >= 0.6 is 0 Å². The van der Waals surface area contributed by atoms with E-state index in [0.29, 0.717) is 18.7 Å². The number of hydrogen-bond acceptors (Lipinski definition) is 5. The van der Waals surface area contributed by atoms with Crippen LogP contribution in [0.2, 0.25) is 0 Å². The van der Waals surface area contributed by atoms with E-state index in [0.717, 1.165) is 0 Å². The minimum absolute atomic E-state index is 0.0605. The number of methoxy groups -OCH3 is 1. The zero-order valence-electron chi connectivity index (χ0n) is 14.8. The van der Waals surface area contributed by atoms with E-state index in [1.807, 2.05) is 0 Å². The Bertz CT molecular complexity index is 728. The largest absolute Gasteiger partial charge is 0.479 e. The summed E-state index contributed by atoms with van der Waals surface area (Å²) in [6, 6.07) is 4.35. The third-order valence-electron chi connectivity index (χ3n) is 3.78. The van der Waals surface area contributed by atoms with Gasteiger partial charge < -0.3 is 15.2 Å². The van der Waals surface area contributed by atoms with Gasteiger partial charge in [-0.2, -0.15) is 4.31 Å². The summed E-state index contributed by atoms with van der Waals surface area (Å²) in [6.45, 7) is 5.55. The minimum Gasteiger partial charge on any atom is -0.479 e. The van der Waals surface area contributed by atoms with Crippen LogP contribution in [-0.4, -0.2) is 62.6 Å². The van der Waals surface area contributed by atoms with Crippen molar-refractivity contribution in [3.8, 4) is 0 Å². The average molecular weight is 372 g/mol. The Hall–Kier alpha value is -1.97. The zero-order valence-corrected chi connectivity index (χ0v) is 15.6. The van der Waals surface area contributed by atoms with Crippen LogP contribution in [-0.2, 0) is 19.6 Å². The molecule has 25 heavy (non-hydrogen) atoms. The van der Waals surface area contributed by atoms with E-state index in [-0.39, 0.29) is 17.0 Å². The van der Waals surface area contributed by atoms with Gasteiger partial charge >= 0.3 is 5.97 Å². The van der Waals surface area contributed by atoms with Crippen molar-refractivity contribution in [2.24, 2.45) is 0 Å². The molecule has 0 saturated carbocycles. The van der Waals surface area contributed by atoms with Gasteiger partial charge in [0, 0.05) is 25.8 Å². The van der Waals surface area contributed by atoms with Crippen molar-refractivity contribution in [3.63, 3.8) is 0 Å². The second kappa shape index (κ2) is 8.93. The van der Waals surface area contributed by atoms with Crippen LogP contribution < -0.4 is 5.32 Å². The summed E-state index contributed by atoms with van der Waals surface area (Å²) in [5.41, 5.74) is 0.667. The molecule has 0 aliphatic heterocycles. The summed E-state index contributed by atoms with van der Waals surface area (Å²) in [7, 11) is -2.47. The lowest BCUT2D eigenvalue weighted by Gasteiger charge is -2.20. The average Bonchev–Trinajstić information content (AvgIpc) is 2.55. The van der Waals surface area contributed by atoms with E-state index >= 15 is 0 Å². The van der Waals surface area contributed by atoms with Crippen molar-refractivity contribution in [2.45, 2.75) is 31.8 Å². The van der Waals surface area contributed by atoms with Gasteiger partial charge in [0.25, 0.3) is 5.91 Å². The lowest BCUT2D eigenvalue weighted by atomic mass is 10.1. The number of rotatable bonds is 9. The number of ether oxygens (including phenoxy) is 1. The molecule has 9 heteroatoms. The third kappa shape index (κ3) is 5.00. The number of carbonyl (C=O) groups excluding carboxylic acids is 1. The van der Waals surface area contributed by atoms with Crippen LogP contribution in [0.25, 0.3) is 0 Å². The predicted molar refractivity (Wildman–Crippen MR) is 92.1 cm³/mol. The van der Waals surface area contributed by atoms with Gasteiger partial charge in [-0.15, -0.1) is 0 Å². The number of benzene rings is 1. The van der Waals surface area contributed by atoms with Gasteiger partial charge in [-0.05, 0) is 24.6 Å². The maximum absolute atomic E-state index is 12.7. The highest BCUT2D eigenvalue weighted by Gasteiger charge is 2.25. The number of nitrogens with zero attached hydrogens (tertiary/aromatic N) is 1. The molecule has 1 rings (SSSR count). The normalized spacial score (nSPS) is 12.8. The maximum Gasteiger partial charge on any atom is 0.334 e. The van der Waals surface area contributed by atoms with Gasteiger partial charge in [-0.25, -0.2) is 13.2 Å². The zero-order chi connectivity index (χ0) is 19.2. The number of hydrogen-bond donors (Lipinski definition) is 2. The van der Waals surface area contributed by atoms with Crippen LogP contribution in [0.1, 0.15) is 29.8 Å². The molecule has 0 spiro atoms. The van der Waals surface area contributed by atoms with Gasteiger partial charge in [-0.3, -0.25) is 4.79 Å². The number of amides is 1. The van der Waals surface area contributed by atoms with Crippen molar-refractivity contribution >= 4 is 21.9 Å². The second-order valence-corrected chi connectivity index (χ2v) is 7.25. The van der Waals surface area contributed by atoms with E-state index in [9.17, 15) is 18.0 Å². The van der Waals surface area contributed by atoms with E-state index in [1.165, 1.54) is 23.5 Å². The van der Waals surface area contributed by atoms with Crippen molar-refractivity contribution in [2.75, 3.05) is 26.7 Å². The second-order valence-electron chi connectivity index (χ2n) is 5.34. The monoisotopic (exact) mass is 372 g/mol. The number of carboxylic acid groups (broad SMARTS) is 1. The first-order chi connectivity index (χ1) is 11.7.